The van der Waals surface area contributed by atoms with Gasteiger partial charge in [0.05, 0.1) is 13.7 Å². The van der Waals surface area contributed by atoms with Gasteiger partial charge >= 0.3 is 6.36 Å². The summed E-state index contributed by atoms with van der Waals surface area (Å²) >= 11 is 3.46. The first-order chi connectivity index (χ1) is 23.1. The topological polar surface area (TPSA) is 111 Å². The molecular formula is C35H33BrF3N3O6. The third kappa shape index (κ3) is 8.85. The number of hydrogen-bond acceptors (Lipinski definition) is 8. The van der Waals surface area contributed by atoms with E-state index in [1.807, 2.05) is 30.3 Å². The molecule has 2 atom stereocenters. The molecule has 0 bridgehead atoms. The average Bonchev–Trinajstić information content (AvgIpc) is 3.47. The number of hydrogen-bond donors (Lipinski definition) is 3. The summed E-state index contributed by atoms with van der Waals surface area (Å²) in [6.07, 6.45) is -5.02. The van der Waals surface area contributed by atoms with Crippen molar-refractivity contribution in [2.24, 2.45) is 4.99 Å². The average molecular weight is 729 g/mol. The predicted molar refractivity (Wildman–Crippen MR) is 176 cm³/mol. The molecule has 0 fully saturated rings. The number of alkyl halides is 3. The first kappa shape index (κ1) is 34.7. The van der Waals surface area contributed by atoms with Crippen molar-refractivity contribution in [2.75, 3.05) is 20.3 Å². The van der Waals surface area contributed by atoms with Gasteiger partial charge in [0.1, 0.15) is 17.2 Å². The van der Waals surface area contributed by atoms with Crippen LogP contribution >= 0.6 is 15.9 Å². The van der Waals surface area contributed by atoms with E-state index in [1.54, 1.807) is 49.6 Å². The quantitative estimate of drug-likeness (QED) is 0.101. The minimum Gasteiger partial charge on any atom is -0.497 e. The molecule has 0 aromatic heterocycles. The molecule has 48 heavy (non-hydrogen) atoms. The maximum absolute atomic E-state index is 14.4. The number of methoxy groups -OCH3 is 1. The van der Waals surface area contributed by atoms with Crippen molar-refractivity contribution in [2.45, 2.75) is 37.4 Å². The second kappa shape index (κ2) is 15.5. The van der Waals surface area contributed by atoms with Crippen LogP contribution in [0.5, 0.6) is 17.2 Å². The molecule has 252 valence electrons. The molecule has 0 aliphatic carbocycles. The fourth-order valence-electron chi connectivity index (χ4n) is 5.14. The number of aliphatic hydroxyl groups is 1. The molecule has 3 N–H and O–H groups in total. The van der Waals surface area contributed by atoms with Crippen LogP contribution in [0.2, 0.25) is 0 Å². The van der Waals surface area contributed by atoms with Gasteiger partial charge in [-0.2, -0.15) is 0 Å². The van der Waals surface area contributed by atoms with Gasteiger partial charge in [0.15, 0.2) is 11.6 Å². The molecule has 0 saturated carbocycles. The van der Waals surface area contributed by atoms with Gasteiger partial charge in [0.25, 0.3) is 5.91 Å². The number of aliphatic imine (C=N–C) groups is 1. The van der Waals surface area contributed by atoms with Crippen molar-refractivity contribution in [3.8, 4) is 17.2 Å². The molecule has 1 amide bonds. The number of halogens is 4. The molecule has 5 rings (SSSR count). The van der Waals surface area contributed by atoms with Crippen molar-refractivity contribution in [1.82, 2.24) is 10.9 Å². The van der Waals surface area contributed by atoms with Gasteiger partial charge < -0.3 is 24.1 Å². The summed E-state index contributed by atoms with van der Waals surface area (Å²) < 4.78 is 60.2. The molecule has 0 unspecified atom stereocenters. The van der Waals surface area contributed by atoms with Crippen LogP contribution in [0.3, 0.4) is 0 Å². The van der Waals surface area contributed by atoms with Gasteiger partial charge in [-0.05, 0) is 77.4 Å². The fraction of sp³-hybridized carbons (Fsp3) is 0.257. The highest BCUT2D eigenvalue weighted by Crippen LogP contribution is 2.43. The van der Waals surface area contributed by atoms with Crippen LogP contribution in [0.25, 0.3) is 0 Å². The van der Waals surface area contributed by atoms with E-state index in [1.165, 1.54) is 24.3 Å². The van der Waals surface area contributed by atoms with Crippen molar-refractivity contribution < 1.29 is 42.0 Å². The van der Waals surface area contributed by atoms with Gasteiger partial charge in [0.2, 0.25) is 5.90 Å². The normalized spacial score (nSPS) is 17.3. The van der Waals surface area contributed by atoms with Crippen LogP contribution in [-0.4, -0.2) is 49.1 Å². The lowest BCUT2D eigenvalue weighted by Crippen LogP contribution is -2.53. The van der Waals surface area contributed by atoms with Crippen LogP contribution in [0.15, 0.2) is 107 Å². The third-order valence-corrected chi connectivity index (χ3v) is 7.99. The zero-order valence-electron chi connectivity index (χ0n) is 25.8. The molecule has 1 aliphatic heterocycles. The van der Waals surface area contributed by atoms with E-state index in [0.717, 1.165) is 10.0 Å². The monoisotopic (exact) mass is 727 g/mol. The lowest BCUT2D eigenvalue weighted by atomic mass is 9.82. The van der Waals surface area contributed by atoms with Crippen molar-refractivity contribution >= 4 is 27.7 Å². The summed E-state index contributed by atoms with van der Waals surface area (Å²) in [5.74, 6) is 0.588. The molecule has 0 radical (unpaired) electrons. The van der Waals surface area contributed by atoms with E-state index in [4.69, 9.17) is 24.3 Å². The minimum absolute atomic E-state index is 0.0228. The number of hydrazine groups is 1. The van der Waals surface area contributed by atoms with Gasteiger partial charge in [-0.3, -0.25) is 10.2 Å². The summed E-state index contributed by atoms with van der Waals surface area (Å²) in [5.41, 5.74) is 6.85. The zero-order valence-corrected chi connectivity index (χ0v) is 27.4. The summed E-state index contributed by atoms with van der Waals surface area (Å²) in [6, 6.07) is 27.2. The molecule has 13 heteroatoms. The van der Waals surface area contributed by atoms with Crippen LogP contribution in [0, 0.1) is 0 Å². The molecule has 0 spiro atoms. The Balaban J connectivity index is 1.47. The van der Waals surface area contributed by atoms with E-state index >= 15 is 0 Å². The molecule has 1 heterocycles. The third-order valence-electron chi connectivity index (χ3n) is 7.46. The van der Waals surface area contributed by atoms with Crippen LogP contribution in [0.4, 0.5) is 13.2 Å². The fourth-order valence-corrected chi connectivity index (χ4v) is 5.41. The Hall–Kier alpha value is -4.59. The summed E-state index contributed by atoms with van der Waals surface area (Å²) in [5, 5.41) is 9.05. The molecular weight excluding hydrogens is 695 g/mol. The number of carbonyl (C=O) groups is 1. The van der Waals surface area contributed by atoms with E-state index in [0.29, 0.717) is 41.2 Å². The van der Waals surface area contributed by atoms with Crippen LogP contribution in [0.1, 0.15) is 34.8 Å². The molecule has 1 aliphatic rings. The molecule has 0 saturated heterocycles. The smallest absolute Gasteiger partial charge is 0.497 e. The second-order valence-corrected chi connectivity index (χ2v) is 11.8. The Morgan fingerprint density at radius 3 is 2.31 bits per heavy atom. The SMILES string of the molecule is COc1cccc([C@@H]2OC(c3ccc(OCCCO)cc3)=N[C@]2(Cc2ccc(Br)cc2)C(=O)NNCc2ccc(OC(F)(F)F)cc2)c1. The maximum atomic E-state index is 14.4. The highest BCUT2D eigenvalue weighted by molar-refractivity contribution is 9.10. The van der Waals surface area contributed by atoms with Crippen LogP contribution < -0.4 is 25.1 Å². The minimum atomic E-state index is -4.80. The van der Waals surface area contributed by atoms with Gasteiger partial charge in [-0.15, -0.1) is 13.2 Å². The number of nitrogens with one attached hydrogen (secondary N) is 2. The lowest BCUT2D eigenvalue weighted by Gasteiger charge is -2.31. The maximum Gasteiger partial charge on any atom is 0.573 e. The Labute approximate surface area is 283 Å². The second-order valence-electron chi connectivity index (χ2n) is 10.9. The lowest BCUT2D eigenvalue weighted by molar-refractivity contribution is -0.274. The van der Waals surface area contributed by atoms with E-state index in [2.05, 4.69) is 31.5 Å². The first-order valence-electron chi connectivity index (χ1n) is 15.0. The molecule has 9 nitrogen and oxygen atoms in total. The van der Waals surface area contributed by atoms with E-state index < -0.39 is 23.9 Å². The molecule has 4 aromatic carbocycles. The summed E-state index contributed by atoms with van der Waals surface area (Å²) in [4.78, 5) is 19.4. The Morgan fingerprint density at radius 2 is 1.65 bits per heavy atom. The number of nitrogens with zero attached hydrogens (tertiary/aromatic N) is 1. The van der Waals surface area contributed by atoms with E-state index in [-0.39, 0.29) is 31.2 Å². The largest absolute Gasteiger partial charge is 0.573 e. The molecule has 4 aromatic rings. The standard InChI is InChI=1S/C35H33BrF3N3O6/c1-45-30-5-2-4-26(20-30)31-34(21-23-6-12-27(36)13-7-23,41-32(47-31)25-10-16-28(17-11-25)46-19-3-18-43)33(44)42-40-22-24-8-14-29(15-9-24)48-35(37,38)39/h2,4-17,20,31,40,43H,3,18-19,21-22H2,1H3,(H,42,44)/t31-,34-/m0/s1. The number of ether oxygens (including phenoxy) is 4. The number of carbonyl (C=O) groups excluding carboxylic acids is 1. The van der Waals surface area contributed by atoms with E-state index in [9.17, 15) is 18.0 Å². The number of rotatable bonds is 14. The number of aliphatic hydroxyl groups excluding tert-OH is 1. The summed E-state index contributed by atoms with van der Waals surface area (Å²) in [6.45, 7) is 0.487. The Kier molecular flexibility index (Phi) is 11.2. The highest BCUT2D eigenvalue weighted by Gasteiger charge is 2.53. The number of amides is 1. The van der Waals surface area contributed by atoms with Crippen LogP contribution in [-0.2, 0) is 22.5 Å². The number of benzene rings is 4. The first-order valence-corrected chi connectivity index (χ1v) is 15.7. The van der Waals surface area contributed by atoms with Gasteiger partial charge in [-0.1, -0.05) is 52.3 Å². The predicted octanol–water partition coefficient (Wildman–Crippen LogP) is 6.44. The Bertz CT molecular complexity index is 1700. The summed E-state index contributed by atoms with van der Waals surface area (Å²) in [7, 11) is 1.55. The van der Waals surface area contributed by atoms with Crippen molar-refractivity contribution in [3.05, 3.63) is 124 Å². The Morgan fingerprint density at radius 1 is 0.958 bits per heavy atom. The van der Waals surface area contributed by atoms with Gasteiger partial charge in [-0.25, -0.2) is 10.4 Å². The zero-order chi connectivity index (χ0) is 34.1. The van der Waals surface area contributed by atoms with Crippen molar-refractivity contribution in [3.63, 3.8) is 0 Å². The van der Waals surface area contributed by atoms with Gasteiger partial charge in [0, 0.05) is 36.0 Å². The van der Waals surface area contributed by atoms with Crippen molar-refractivity contribution in [1.29, 1.82) is 0 Å². The highest BCUT2D eigenvalue weighted by atomic mass is 79.9.